The van der Waals surface area contributed by atoms with Crippen molar-refractivity contribution < 1.29 is 32.5 Å². The van der Waals surface area contributed by atoms with Gasteiger partial charge in [-0.1, -0.05) is 12.1 Å². The van der Waals surface area contributed by atoms with Gasteiger partial charge in [-0.05, 0) is 42.8 Å². The molecule has 2 aromatic carbocycles. The maximum absolute atomic E-state index is 13.7. The fraction of sp³-hybridized carbons (Fsp3) is 0.364. The van der Waals surface area contributed by atoms with E-state index in [-0.39, 0.29) is 30.9 Å². The van der Waals surface area contributed by atoms with Gasteiger partial charge in [-0.15, -0.1) is 0 Å². The van der Waals surface area contributed by atoms with Crippen LogP contribution in [0.4, 0.5) is 24.5 Å². The number of halogens is 3. The number of ether oxygens (including phenoxy) is 2. The third-order valence-corrected chi connectivity index (χ3v) is 4.54. The van der Waals surface area contributed by atoms with Gasteiger partial charge in [-0.3, -0.25) is 4.79 Å². The summed E-state index contributed by atoms with van der Waals surface area (Å²) >= 11 is 0. The Bertz CT molecular complexity index is 924. The smallest absolute Gasteiger partial charge is 0.418 e. The first-order valence-corrected chi connectivity index (χ1v) is 9.49. The van der Waals surface area contributed by atoms with Crippen LogP contribution in [0.25, 0.3) is 0 Å². The number of benzene rings is 2. The van der Waals surface area contributed by atoms with E-state index in [9.17, 15) is 23.1 Å². The molecule has 0 heterocycles. The molecule has 0 aliphatic rings. The normalized spacial score (nSPS) is 13.3. The van der Waals surface area contributed by atoms with Gasteiger partial charge in [0.1, 0.15) is 0 Å². The molecule has 0 saturated heterocycles. The maximum Gasteiger partial charge on any atom is 0.418 e. The summed E-state index contributed by atoms with van der Waals surface area (Å²) in [6.45, 7) is 1.42. The van der Waals surface area contributed by atoms with Crippen LogP contribution < -0.4 is 5.32 Å². The van der Waals surface area contributed by atoms with E-state index in [2.05, 4.69) is 5.32 Å². The van der Waals surface area contributed by atoms with Gasteiger partial charge >= 0.3 is 12.1 Å². The average molecular weight is 436 g/mol. The number of carboxylic acid groups (broad SMARTS) is 1. The van der Waals surface area contributed by atoms with Crippen LogP contribution in [0.1, 0.15) is 42.1 Å². The first-order chi connectivity index (χ1) is 14.7. The molecule has 0 amide bonds. The van der Waals surface area contributed by atoms with Gasteiger partial charge in [-0.2, -0.15) is 18.4 Å². The van der Waals surface area contributed by atoms with E-state index < -0.39 is 24.2 Å². The second-order valence-electron chi connectivity index (χ2n) is 6.79. The minimum absolute atomic E-state index is 0.0934. The fourth-order valence-corrected chi connectivity index (χ4v) is 3.16. The Labute approximate surface area is 178 Å². The predicted molar refractivity (Wildman–Crippen MR) is 108 cm³/mol. The zero-order valence-electron chi connectivity index (χ0n) is 17.1. The molecule has 166 valence electrons. The summed E-state index contributed by atoms with van der Waals surface area (Å²) in [4.78, 5) is 11.2. The second kappa shape index (κ2) is 10.8. The summed E-state index contributed by atoms with van der Waals surface area (Å²) in [5, 5.41) is 21.1. The van der Waals surface area contributed by atoms with Crippen LogP contribution in [0.15, 0.2) is 42.5 Å². The minimum Gasteiger partial charge on any atom is -0.481 e. The van der Waals surface area contributed by atoms with E-state index in [0.717, 1.165) is 0 Å². The number of nitrogens with one attached hydrogen (secondary N) is 1. The van der Waals surface area contributed by atoms with Gasteiger partial charge in [0.05, 0.1) is 24.7 Å². The van der Waals surface area contributed by atoms with Crippen LogP contribution >= 0.6 is 0 Å². The lowest BCUT2D eigenvalue weighted by Gasteiger charge is -2.25. The Hall–Kier alpha value is -3.09. The minimum atomic E-state index is -4.65. The molecule has 0 spiro atoms. The molecule has 9 heteroatoms. The van der Waals surface area contributed by atoms with Crippen molar-refractivity contribution in [3.63, 3.8) is 0 Å². The van der Waals surface area contributed by atoms with E-state index in [4.69, 9.17) is 14.7 Å². The van der Waals surface area contributed by atoms with Crippen LogP contribution in [-0.4, -0.2) is 37.6 Å². The quantitative estimate of drug-likeness (QED) is 0.535. The summed E-state index contributed by atoms with van der Waals surface area (Å²) in [6, 6.07) is 12.4. The third kappa shape index (κ3) is 6.70. The summed E-state index contributed by atoms with van der Waals surface area (Å²) < 4.78 is 51.1. The second-order valence-corrected chi connectivity index (χ2v) is 6.79. The molecular formula is C22H23F3N2O4. The zero-order chi connectivity index (χ0) is 23.0. The van der Waals surface area contributed by atoms with Crippen molar-refractivity contribution in [1.82, 2.24) is 0 Å². The Morgan fingerprint density at radius 1 is 1.23 bits per heavy atom. The van der Waals surface area contributed by atoms with Crippen molar-refractivity contribution in [2.24, 2.45) is 0 Å². The van der Waals surface area contributed by atoms with E-state index in [1.54, 1.807) is 12.1 Å². The Morgan fingerprint density at radius 2 is 1.90 bits per heavy atom. The van der Waals surface area contributed by atoms with Crippen molar-refractivity contribution >= 4 is 17.3 Å². The molecule has 0 aromatic heterocycles. The highest BCUT2D eigenvalue weighted by atomic mass is 19.4. The molecule has 0 fully saturated rings. The van der Waals surface area contributed by atoms with E-state index in [0.29, 0.717) is 16.8 Å². The Balaban J connectivity index is 2.55. The number of methoxy groups -OCH3 is 1. The average Bonchev–Trinajstić information content (AvgIpc) is 2.71. The first-order valence-electron chi connectivity index (χ1n) is 9.49. The molecular weight excluding hydrogens is 413 g/mol. The standard InChI is InChI=1S/C22H23F3N2O4/c1-3-31-21(22(23,24)25)18-9-6-15(16(13-30-2)11-20(28)29)10-19(18)27-17-7-4-14(12-26)5-8-17/h4-10,16,21,27H,3,11,13H2,1-2H3,(H,28,29)/t16-,21-/m0/s1. The molecule has 0 aliphatic carbocycles. The molecule has 31 heavy (non-hydrogen) atoms. The molecule has 0 aliphatic heterocycles. The first kappa shape index (κ1) is 24.2. The van der Waals surface area contributed by atoms with Crippen LogP contribution in [0.5, 0.6) is 0 Å². The summed E-state index contributed by atoms with van der Waals surface area (Å²) in [5.74, 6) is -1.59. The molecule has 2 aromatic rings. The van der Waals surface area contributed by atoms with Crippen LogP contribution in [0.2, 0.25) is 0 Å². The third-order valence-electron chi connectivity index (χ3n) is 4.54. The monoisotopic (exact) mass is 436 g/mol. The number of carboxylic acids is 1. The van der Waals surface area contributed by atoms with Gasteiger partial charge in [0.2, 0.25) is 0 Å². The van der Waals surface area contributed by atoms with E-state index >= 15 is 0 Å². The molecule has 2 rings (SSSR count). The van der Waals surface area contributed by atoms with Gasteiger partial charge < -0.3 is 19.9 Å². The highest BCUT2D eigenvalue weighted by molar-refractivity contribution is 5.69. The number of nitriles is 1. The van der Waals surface area contributed by atoms with Crippen molar-refractivity contribution in [2.45, 2.75) is 31.5 Å². The van der Waals surface area contributed by atoms with Crippen LogP contribution in [0, 0.1) is 11.3 Å². The largest absolute Gasteiger partial charge is 0.481 e. The van der Waals surface area contributed by atoms with Gasteiger partial charge in [-0.25, -0.2) is 0 Å². The van der Waals surface area contributed by atoms with Crippen LogP contribution in [0.3, 0.4) is 0 Å². The maximum atomic E-state index is 13.7. The SMILES string of the molecule is CCO[C@@H](c1ccc([C@H](COC)CC(=O)O)cc1Nc1ccc(C#N)cc1)C(F)(F)F. The highest BCUT2D eigenvalue weighted by Crippen LogP contribution is 2.41. The van der Waals surface area contributed by atoms with Crippen molar-refractivity contribution in [2.75, 3.05) is 25.6 Å². The lowest BCUT2D eigenvalue weighted by Crippen LogP contribution is -2.24. The van der Waals surface area contributed by atoms with Crippen molar-refractivity contribution in [3.8, 4) is 6.07 Å². The summed E-state index contributed by atoms with van der Waals surface area (Å²) in [6.07, 6.45) is -7.05. The molecule has 0 unspecified atom stereocenters. The zero-order valence-corrected chi connectivity index (χ0v) is 17.1. The fourth-order valence-electron chi connectivity index (χ4n) is 3.16. The molecule has 0 radical (unpaired) electrons. The van der Waals surface area contributed by atoms with E-state index in [1.165, 1.54) is 44.4 Å². The molecule has 0 saturated carbocycles. The topological polar surface area (TPSA) is 91.6 Å². The molecule has 2 atom stereocenters. The van der Waals surface area contributed by atoms with Crippen molar-refractivity contribution in [3.05, 3.63) is 59.2 Å². The van der Waals surface area contributed by atoms with Crippen molar-refractivity contribution in [1.29, 1.82) is 5.26 Å². The Morgan fingerprint density at radius 3 is 2.42 bits per heavy atom. The molecule has 2 N–H and O–H groups in total. The Kier molecular flexibility index (Phi) is 8.42. The number of rotatable bonds is 10. The number of anilines is 2. The number of carbonyl (C=O) groups is 1. The summed E-state index contributed by atoms with van der Waals surface area (Å²) in [7, 11) is 1.42. The molecule has 6 nitrogen and oxygen atoms in total. The van der Waals surface area contributed by atoms with Gasteiger partial charge in [0.15, 0.2) is 6.10 Å². The summed E-state index contributed by atoms with van der Waals surface area (Å²) in [5.41, 5.74) is 1.39. The lowest BCUT2D eigenvalue weighted by molar-refractivity contribution is -0.222. The number of alkyl halides is 3. The van der Waals surface area contributed by atoms with Crippen LogP contribution in [-0.2, 0) is 14.3 Å². The number of nitrogens with zero attached hydrogens (tertiary/aromatic N) is 1. The number of aliphatic carboxylic acids is 1. The lowest BCUT2D eigenvalue weighted by atomic mass is 9.93. The van der Waals surface area contributed by atoms with Gasteiger partial charge in [0.25, 0.3) is 0 Å². The van der Waals surface area contributed by atoms with E-state index in [1.807, 2.05) is 6.07 Å². The highest BCUT2D eigenvalue weighted by Gasteiger charge is 2.43. The predicted octanol–water partition coefficient (Wildman–Crippen LogP) is 5.15. The number of hydrogen-bond donors (Lipinski definition) is 2. The molecule has 0 bridgehead atoms. The van der Waals surface area contributed by atoms with Gasteiger partial charge in [0, 0.05) is 36.6 Å². The number of hydrogen-bond acceptors (Lipinski definition) is 5.